The molecule has 1 heterocycles. The van der Waals surface area contributed by atoms with E-state index in [9.17, 15) is 9.18 Å². The van der Waals surface area contributed by atoms with Gasteiger partial charge in [-0.25, -0.2) is 4.39 Å². The van der Waals surface area contributed by atoms with E-state index in [1.54, 1.807) is 12.3 Å². The van der Waals surface area contributed by atoms with Crippen molar-refractivity contribution in [1.82, 2.24) is 4.98 Å². The Balaban J connectivity index is 1.94. The number of nitrogens with one attached hydrogen (secondary N) is 1. The van der Waals surface area contributed by atoms with Crippen molar-refractivity contribution < 1.29 is 18.7 Å². The summed E-state index contributed by atoms with van der Waals surface area (Å²) in [5, 5.41) is 0.854. The van der Waals surface area contributed by atoms with Crippen molar-refractivity contribution in [2.75, 3.05) is 13.7 Å². The number of hydrogen-bond donors (Lipinski definition) is 1. The van der Waals surface area contributed by atoms with Crippen LogP contribution in [0.15, 0.2) is 36.5 Å². The lowest BCUT2D eigenvalue weighted by molar-refractivity contribution is 0.0993. The van der Waals surface area contributed by atoms with Crippen molar-refractivity contribution in [2.45, 2.75) is 20.3 Å². The SMILES string of the molecule is CCOc1cc2[nH]cc(C(=O)Cc3ccc(F)cc3OC)c2cc1C. The van der Waals surface area contributed by atoms with Crippen LogP contribution in [0.1, 0.15) is 28.4 Å². The largest absolute Gasteiger partial charge is 0.496 e. The highest BCUT2D eigenvalue weighted by Gasteiger charge is 2.16. The lowest BCUT2D eigenvalue weighted by Gasteiger charge is -2.09. The zero-order chi connectivity index (χ0) is 18.0. The molecule has 5 heteroatoms. The molecule has 3 rings (SSSR count). The first kappa shape index (κ1) is 17.0. The van der Waals surface area contributed by atoms with Gasteiger partial charge in [-0.05, 0) is 31.5 Å². The first-order chi connectivity index (χ1) is 12.0. The summed E-state index contributed by atoms with van der Waals surface area (Å²) < 4.78 is 24.1. The van der Waals surface area contributed by atoms with E-state index in [1.807, 2.05) is 26.0 Å². The number of ketones is 1. The minimum atomic E-state index is -0.390. The van der Waals surface area contributed by atoms with Gasteiger partial charge in [-0.15, -0.1) is 0 Å². The maximum Gasteiger partial charge on any atom is 0.169 e. The Bertz CT molecular complexity index is 930. The van der Waals surface area contributed by atoms with Crippen LogP contribution in [0, 0.1) is 12.7 Å². The zero-order valence-electron chi connectivity index (χ0n) is 14.5. The van der Waals surface area contributed by atoms with Crippen LogP contribution in [-0.4, -0.2) is 24.5 Å². The fourth-order valence-electron chi connectivity index (χ4n) is 2.93. The predicted octanol–water partition coefficient (Wildman–Crippen LogP) is 4.45. The Kier molecular flexibility index (Phi) is 4.74. The van der Waals surface area contributed by atoms with Crippen LogP contribution in [0.2, 0.25) is 0 Å². The van der Waals surface area contributed by atoms with Gasteiger partial charge in [0.25, 0.3) is 0 Å². The Morgan fingerprint density at radius 1 is 1.20 bits per heavy atom. The highest BCUT2D eigenvalue weighted by atomic mass is 19.1. The van der Waals surface area contributed by atoms with E-state index in [4.69, 9.17) is 9.47 Å². The van der Waals surface area contributed by atoms with Crippen LogP contribution in [0.3, 0.4) is 0 Å². The second-order valence-electron chi connectivity index (χ2n) is 5.85. The van der Waals surface area contributed by atoms with Gasteiger partial charge in [-0.1, -0.05) is 6.07 Å². The van der Waals surface area contributed by atoms with E-state index in [0.717, 1.165) is 22.2 Å². The number of aromatic amines is 1. The molecule has 4 nitrogen and oxygen atoms in total. The van der Waals surface area contributed by atoms with E-state index in [-0.39, 0.29) is 18.0 Å². The van der Waals surface area contributed by atoms with Gasteiger partial charge in [-0.2, -0.15) is 0 Å². The predicted molar refractivity (Wildman–Crippen MR) is 95.2 cm³/mol. The number of rotatable bonds is 6. The molecule has 0 amide bonds. The molecule has 1 N–H and O–H groups in total. The Hall–Kier alpha value is -2.82. The number of H-pyrrole nitrogens is 1. The zero-order valence-corrected chi connectivity index (χ0v) is 14.5. The summed E-state index contributed by atoms with van der Waals surface area (Å²) in [5.41, 5.74) is 3.09. The van der Waals surface area contributed by atoms with Crippen LogP contribution in [0.25, 0.3) is 10.9 Å². The van der Waals surface area contributed by atoms with Gasteiger partial charge >= 0.3 is 0 Å². The van der Waals surface area contributed by atoms with Gasteiger partial charge in [-0.3, -0.25) is 4.79 Å². The Morgan fingerprint density at radius 3 is 2.72 bits per heavy atom. The summed E-state index contributed by atoms with van der Waals surface area (Å²) in [4.78, 5) is 15.9. The molecule has 3 aromatic rings. The van der Waals surface area contributed by atoms with Gasteiger partial charge < -0.3 is 14.5 Å². The van der Waals surface area contributed by atoms with Crippen molar-refractivity contribution in [1.29, 1.82) is 0 Å². The molecule has 0 unspecified atom stereocenters. The van der Waals surface area contributed by atoms with Crippen molar-refractivity contribution in [3.05, 3.63) is 59.0 Å². The molecule has 0 aliphatic heterocycles. The molecule has 1 aromatic heterocycles. The van der Waals surface area contributed by atoms with Gasteiger partial charge in [0.15, 0.2) is 5.78 Å². The highest BCUT2D eigenvalue weighted by Crippen LogP contribution is 2.29. The van der Waals surface area contributed by atoms with Crippen LogP contribution in [-0.2, 0) is 6.42 Å². The number of aryl methyl sites for hydroxylation is 1. The normalized spacial score (nSPS) is 10.9. The lowest BCUT2D eigenvalue weighted by atomic mass is 10.0. The van der Waals surface area contributed by atoms with Gasteiger partial charge in [0, 0.05) is 46.8 Å². The minimum absolute atomic E-state index is 0.0558. The van der Waals surface area contributed by atoms with E-state index >= 15 is 0 Å². The number of aromatic nitrogens is 1. The molecule has 2 aromatic carbocycles. The third kappa shape index (κ3) is 3.36. The number of ether oxygens (including phenoxy) is 2. The lowest BCUT2D eigenvalue weighted by Crippen LogP contribution is -2.05. The molecule has 0 spiro atoms. The summed E-state index contributed by atoms with van der Waals surface area (Å²) in [5.74, 6) is 0.734. The molecule has 130 valence electrons. The maximum absolute atomic E-state index is 13.3. The molecule has 0 atom stereocenters. The molecule has 0 saturated heterocycles. The maximum atomic E-state index is 13.3. The van der Waals surface area contributed by atoms with Gasteiger partial charge in [0.05, 0.1) is 13.7 Å². The van der Waals surface area contributed by atoms with E-state index in [2.05, 4.69) is 4.98 Å². The van der Waals surface area contributed by atoms with Gasteiger partial charge in [0.2, 0.25) is 0 Å². The summed E-state index contributed by atoms with van der Waals surface area (Å²) in [6, 6.07) is 8.06. The molecule has 0 saturated carbocycles. The average Bonchev–Trinajstić information content (AvgIpc) is 2.99. The summed E-state index contributed by atoms with van der Waals surface area (Å²) >= 11 is 0. The molecule has 0 fully saturated rings. The first-order valence-corrected chi connectivity index (χ1v) is 8.13. The summed E-state index contributed by atoms with van der Waals surface area (Å²) in [6.07, 6.45) is 1.85. The fraction of sp³-hybridized carbons (Fsp3) is 0.250. The van der Waals surface area contributed by atoms with Crippen molar-refractivity contribution in [3.8, 4) is 11.5 Å². The van der Waals surface area contributed by atoms with E-state index in [0.29, 0.717) is 23.5 Å². The minimum Gasteiger partial charge on any atom is -0.496 e. The third-order valence-corrected chi connectivity index (χ3v) is 4.18. The smallest absolute Gasteiger partial charge is 0.169 e. The number of carbonyl (C=O) groups is 1. The van der Waals surface area contributed by atoms with Crippen LogP contribution in [0.4, 0.5) is 4.39 Å². The molecule has 0 bridgehead atoms. The van der Waals surface area contributed by atoms with E-state index < -0.39 is 0 Å². The Labute approximate surface area is 145 Å². The third-order valence-electron chi connectivity index (χ3n) is 4.18. The average molecular weight is 341 g/mol. The molecule has 25 heavy (non-hydrogen) atoms. The van der Waals surface area contributed by atoms with Crippen molar-refractivity contribution >= 4 is 16.7 Å². The van der Waals surface area contributed by atoms with Crippen LogP contribution in [0.5, 0.6) is 11.5 Å². The number of Topliss-reactive ketones (excluding diaryl/α,β-unsaturated/α-hetero) is 1. The van der Waals surface area contributed by atoms with Gasteiger partial charge in [0.1, 0.15) is 17.3 Å². The number of benzene rings is 2. The van der Waals surface area contributed by atoms with E-state index in [1.165, 1.54) is 19.2 Å². The monoisotopic (exact) mass is 341 g/mol. The van der Waals surface area contributed by atoms with Crippen molar-refractivity contribution in [3.63, 3.8) is 0 Å². The molecular weight excluding hydrogens is 321 g/mol. The summed E-state index contributed by atoms with van der Waals surface area (Å²) in [7, 11) is 1.47. The standard InChI is InChI=1S/C20H20FNO3/c1-4-25-19-10-17-15(7-12(19)2)16(11-22-17)18(23)8-13-5-6-14(21)9-20(13)24-3/h5-7,9-11,22H,4,8H2,1-3H3. The highest BCUT2D eigenvalue weighted by molar-refractivity contribution is 6.09. The fourth-order valence-corrected chi connectivity index (χ4v) is 2.93. The van der Waals surface area contributed by atoms with Crippen LogP contribution < -0.4 is 9.47 Å². The van der Waals surface area contributed by atoms with Crippen molar-refractivity contribution in [2.24, 2.45) is 0 Å². The Morgan fingerprint density at radius 2 is 2.00 bits per heavy atom. The number of carbonyl (C=O) groups excluding carboxylic acids is 1. The molecule has 0 aliphatic rings. The topological polar surface area (TPSA) is 51.3 Å². The second kappa shape index (κ2) is 6.97. The number of halogens is 1. The molecular formula is C20H20FNO3. The number of hydrogen-bond acceptors (Lipinski definition) is 3. The first-order valence-electron chi connectivity index (χ1n) is 8.13. The number of fused-ring (bicyclic) bond motifs is 1. The quantitative estimate of drug-likeness (QED) is 0.674. The second-order valence-corrected chi connectivity index (χ2v) is 5.85. The number of methoxy groups -OCH3 is 1. The summed E-state index contributed by atoms with van der Waals surface area (Å²) in [6.45, 7) is 4.47. The molecule has 0 radical (unpaired) electrons. The van der Waals surface area contributed by atoms with Crippen LogP contribution >= 0.6 is 0 Å². The molecule has 0 aliphatic carbocycles.